The van der Waals surface area contributed by atoms with E-state index in [2.05, 4.69) is 19.9 Å². The molecule has 1 saturated carbocycles. The highest BCUT2D eigenvalue weighted by Crippen LogP contribution is 2.43. The lowest BCUT2D eigenvalue weighted by Gasteiger charge is -2.36. The molecule has 2 rings (SSSR count). The van der Waals surface area contributed by atoms with Crippen LogP contribution in [-0.4, -0.2) is 0 Å². The maximum Gasteiger partial charge on any atom is 0.127 e. The highest BCUT2D eigenvalue weighted by Gasteiger charge is 2.36. The van der Waals surface area contributed by atoms with Gasteiger partial charge in [0.15, 0.2) is 0 Å². The van der Waals surface area contributed by atoms with E-state index in [1.165, 1.54) is 6.07 Å². The summed E-state index contributed by atoms with van der Waals surface area (Å²) >= 11 is 5.78. The molecule has 108 valence electrons. The predicted molar refractivity (Wildman–Crippen MR) is 80.0 cm³/mol. The van der Waals surface area contributed by atoms with Crippen LogP contribution in [-0.2, 0) is 6.42 Å². The van der Waals surface area contributed by atoms with E-state index in [9.17, 15) is 9.65 Å². The summed E-state index contributed by atoms with van der Waals surface area (Å²) in [6.45, 7) is 4.48. The Bertz CT molecular complexity index is 510. The summed E-state index contributed by atoms with van der Waals surface area (Å²) in [5, 5.41) is 9.98. The molecule has 0 radical (unpaired) electrons. The Labute approximate surface area is 125 Å². The molecule has 1 fully saturated rings. The van der Waals surface area contributed by atoms with Gasteiger partial charge in [-0.3, -0.25) is 0 Å². The molecule has 1 aromatic carbocycles. The Kier molecular flexibility index (Phi) is 4.70. The van der Waals surface area contributed by atoms with Crippen LogP contribution in [0.15, 0.2) is 18.2 Å². The maximum atomic E-state index is 13.9. The fourth-order valence-electron chi connectivity index (χ4n) is 3.22. The zero-order chi connectivity index (χ0) is 14.8. The largest absolute Gasteiger partial charge is 0.207 e. The van der Waals surface area contributed by atoms with E-state index in [1.807, 2.05) is 0 Å². The molecule has 0 atom stereocenters. The number of benzene rings is 1. The Morgan fingerprint density at radius 1 is 1.40 bits per heavy atom. The zero-order valence-corrected chi connectivity index (χ0v) is 12.9. The Morgan fingerprint density at radius 2 is 2.05 bits per heavy atom. The summed E-state index contributed by atoms with van der Waals surface area (Å²) in [4.78, 5) is 0. The fraction of sp³-hybridized carbons (Fsp3) is 0.588. The third kappa shape index (κ3) is 3.33. The van der Waals surface area contributed by atoms with Gasteiger partial charge in [-0.2, -0.15) is 5.26 Å². The van der Waals surface area contributed by atoms with Crippen LogP contribution in [0.2, 0.25) is 5.02 Å². The first-order valence-electron chi connectivity index (χ1n) is 7.31. The van der Waals surface area contributed by atoms with Crippen molar-refractivity contribution in [1.29, 1.82) is 5.26 Å². The minimum atomic E-state index is -0.403. The second-order valence-corrected chi connectivity index (χ2v) is 6.82. The van der Waals surface area contributed by atoms with Crippen molar-refractivity contribution in [3.05, 3.63) is 34.6 Å². The first-order valence-corrected chi connectivity index (χ1v) is 7.69. The van der Waals surface area contributed by atoms with Crippen molar-refractivity contribution in [3.8, 4) is 6.07 Å². The predicted octanol–water partition coefficient (Wildman–Crippen LogP) is 5.38. The summed E-state index contributed by atoms with van der Waals surface area (Å²) in [6.07, 6.45) is 4.38. The van der Waals surface area contributed by atoms with Crippen LogP contribution in [0.1, 0.15) is 45.1 Å². The number of nitriles is 1. The average molecular weight is 294 g/mol. The van der Waals surface area contributed by atoms with Crippen molar-refractivity contribution in [3.63, 3.8) is 0 Å². The minimum Gasteiger partial charge on any atom is -0.207 e. The van der Waals surface area contributed by atoms with E-state index in [0.717, 1.165) is 25.7 Å². The van der Waals surface area contributed by atoms with E-state index in [1.54, 1.807) is 12.1 Å². The molecule has 0 unspecified atom stereocenters. The molecule has 0 N–H and O–H groups in total. The molecule has 1 nitrogen and oxygen atoms in total. The third-order valence-corrected chi connectivity index (χ3v) is 4.95. The summed E-state index contributed by atoms with van der Waals surface area (Å²) < 4.78 is 13.9. The van der Waals surface area contributed by atoms with Crippen molar-refractivity contribution in [2.75, 3.05) is 0 Å². The molecule has 1 aromatic rings. The molecular formula is C17H21ClFN. The fourth-order valence-corrected chi connectivity index (χ4v) is 3.38. The molecule has 0 amide bonds. The zero-order valence-electron chi connectivity index (χ0n) is 12.1. The van der Waals surface area contributed by atoms with E-state index in [-0.39, 0.29) is 5.82 Å². The lowest BCUT2D eigenvalue weighted by Crippen LogP contribution is -2.30. The van der Waals surface area contributed by atoms with Crippen molar-refractivity contribution >= 4 is 11.6 Å². The van der Waals surface area contributed by atoms with E-state index >= 15 is 0 Å². The highest BCUT2D eigenvalue weighted by molar-refractivity contribution is 6.30. The van der Waals surface area contributed by atoms with Crippen LogP contribution in [0.25, 0.3) is 0 Å². The van der Waals surface area contributed by atoms with Crippen molar-refractivity contribution in [1.82, 2.24) is 0 Å². The maximum absolute atomic E-state index is 13.9. The van der Waals surface area contributed by atoms with Crippen molar-refractivity contribution < 1.29 is 4.39 Å². The number of hydrogen-bond acceptors (Lipinski definition) is 1. The van der Waals surface area contributed by atoms with Gasteiger partial charge in [0.05, 0.1) is 11.5 Å². The standard InChI is InChI=1S/C17H21ClFN/c1-12(2)13-5-7-17(11-20,8-6-13)10-14-3-4-15(18)9-16(14)19/h3-4,9,12-13H,5-8,10H2,1-2H3. The molecule has 3 heteroatoms. The van der Waals surface area contributed by atoms with Crippen LogP contribution in [0, 0.1) is 34.4 Å². The van der Waals surface area contributed by atoms with Gasteiger partial charge in [-0.15, -0.1) is 0 Å². The SMILES string of the molecule is CC(C)C1CCC(C#N)(Cc2ccc(Cl)cc2F)CC1. The van der Waals surface area contributed by atoms with Crippen molar-refractivity contribution in [2.45, 2.75) is 46.0 Å². The van der Waals surface area contributed by atoms with E-state index in [0.29, 0.717) is 28.8 Å². The van der Waals surface area contributed by atoms with Gasteiger partial charge in [0.1, 0.15) is 5.82 Å². The van der Waals surface area contributed by atoms with Gasteiger partial charge in [0.25, 0.3) is 0 Å². The molecule has 1 aliphatic rings. The molecule has 0 spiro atoms. The van der Waals surface area contributed by atoms with Gasteiger partial charge >= 0.3 is 0 Å². The highest BCUT2D eigenvalue weighted by atomic mass is 35.5. The first-order chi connectivity index (χ1) is 9.46. The topological polar surface area (TPSA) is 23.8 Å². The van der Waals surface area contributed by atoms with Crippen LogP contribution in [0.4, 0.5) is 4.39 Å². The van der Waals surface area contributed by atoms with Crippen LogP contribution < -0.4 is 0 Å². The number of halogens is 2. The molecule has 1 aliphatic carbocycles. The lowest BCUT2D eigenvalue weighted by molar-refractivity contribution is 0.174. The molecular weight excluding hydrogens is 273 g/mol. The number of nitrogens with zero attached hydrogens (tertiary/aromatic N) is 1. The minimum absolute atomic E-state index is 0.293. The number of rotatable bonds is 3. The normalized spacial score (nSPS) is 26.5. The van der Waals surface area contributed by atoms with E-state index < -0.39 is 5.41 Å². The lowest BCUT2D eigenvalue weighted by atomic mass is 9.66. The molecule has 20 heavy (non-hydrogen) atoms. The summed E-state index contributed by atoms with van der Waals surface area (Å²) in [5.74, 6) is 1.07. The van der Waals surface area contributed by atoms with Crippen LogP contribution >= 0.6 is 11.6 Å². The second-order valence-electron chi connectivity index (χ2n) is 6.39. The molecule has 0 saturated heterocycles. The van der Waals surface area contributed by atoms with Gasteiger partial charge in [-0.1, -0.05) is 31.5 Å². The summed E-state index contributed by atoms with van der Waals surface area (Å²) in [6, 6.07) is 7.22. The Hall–Kier alpha value is -1.07. The summed E-state index contributed by atoms with van der Waals surface area (Å²) in [7, 11) is 0. The smallest absolute Gasteiger partial charge is 0.127 e. The van der Waals surface area contributed by atoms with E-state index in [4.69, 9.17) is 11.6 Å². The van der Waals surface area contributed by atoms with Gasteiger partial charge in [0, 0.05) is 5.02 Å². The Balaban J connectivity index is 2.12. The van der Waals surface area contributed by atoms with Gasteiger partial charge < -0.3 is 0 Å². The van der Waals surface area contributed by atoms with Crippen LogP contribution in [0.5, 0.6) is 0 Å². The molecule has 0 heterocycles. The first kappa shape index (κ1) is 15.3. The summed E-state index contributed by atoms with van der Waals surface area (Å²) in [5.41, 5.74) is 0.207. The third-order valence-electron chi connectivity index (χ3n) is 4.71. The Morgan fingerprint density at radius 3 is 2.55 bits per heavy atom. The van der Waals surface area contributed by atoms with Gasteiger partial charge in [0.2, 0.25) is 0 Å². The number of hydrogen-bond donors (Lipinski definition) is 0. The monoisotopic (exact) mass is 293 g/mol. The van der Waals surface area contributed by atoms with Gasteiger partial charge in [-0.25, -0.2) is 4.39 Å². The molecule has 0 bridgehead atoms. The van der Waals surface area contributed by atoms with Crippen LogP contribution in [0.3, 0.4) is 0 Å². The quantitative estimate of drug-likeness (QED) is 0.734. The molecule has 0 aliphatic heterocycles. The van der Waals surface area contributed by atoms with Crippen molar-refractivity contribution in [2.24, 2.45) is 17.3 Å². The molecule has 0 aromatic heterocycles. The van der Waals surface area contributed by atoms with Gasteiger partial charge in [-0.05, 0) is 61.6 Å². The second kappa shape index (κ2) is 6.14. The average Bonchev–Trinajstić information content (AvgIpc) is 2.42.